The van der Waals surface area contributed by atoms with Gasteiger partial charge in [0, 0.05) is 17.1 Å². The zero-order valence-corrected chi connectivity index (χ0v) is 14.2. The average molecular weight is 338 g/mol. The number of thiazole rings is 1. The number of anilines is 1. The molecule has 1 atom stereocenters. The van der Waals surface area contributed by atoms with E-state index in [1.165, 1.54) is 48.7 Å². The van der Waals surface area contributed by atoms with Crippen molar-refractivity contribution < 1.29 is 19.0 Å². The van der Waals surface area contributed by atoms with E-state index in [4.69, 9.17) is 4.74 Å². The number of aliphatic hydroxyl groups is 1. The van der Waals surface area contributed by atoms with E-state index in [0.29, 0.717) is 0 Å². The Balaban J connectivity index is 2.47. The summed E-state index contributed by atoms with van der Waals surface area (Å²) in [5, 5.41) is 12.9. The second-order valence-electron chi connectivity index (χ2n) is 6.16. The molecular formula is C16H19FN2O3S. The Labute approximate surface area is 138 Å². The number of benzene rings is 1. The number of carbonyl (C=O) groups excluding carboxylic acids is 1. The van der Waals surface area contributed by atoms with Gasteiger partial charge in [-0.3, -0.25) is 0 Å². The minimum Gasteiger partial charge on any atom is -0.443 e. The number of hydrogen-bond donors (Lipinski definition) is 1. The van der Waals surface area contributed by atoms with Gasteiger partial charge in [-0.15, -0.1) is 11.3 Å². The predicted octanol–water partition coefficient (Wildman–Crippen LogP) is 3.89. The highest BCUT2D eigenvalue weighted by Crippen LogP contribution is 2.33. The molecule has 0 radical (unpaired) electrons. The zero-order chi connectivity index (χ0) is 17.3. The number of nitrogens with zero attached hydrogens (tertiary/aromatic N) is 2. The third-order valence-electron chi connectivity index (χ3n) is 2.99. The largest absolute Gasteiger partial charge is 0.443 e. The Hall–Kier alpha value is -1.99. The van der Waals surface area contributed by atoms with Crippen LogP contribution in [-0.4, -0.2) is 21.8 Å². The van der Waals surface area contributed by atoms with Gasteiger partial charge in [0.2, 0.25) is 0 Å². The summed E-state index contributed by atoms with van der Waals surface area (Å²) in [5.41, 5.74) is -2.34. The fraction of sp³-hybridized carbons (Fsp3) is 0.375. The van der Waals surface area contributed by atoms with Crippen molar-refractivity contribution in [2.45, 2.75) is 39.0 Å². The third kappa shape index (κ3) is 4.05. The van der Waals surface area contributed by atoms with Gasteiger partial charge in [-0.25, -0.2) is 19.1 Å². The highest BCUT2D eigenvalue weighted by Gasteiger charge is 2.40. The van der Waals surface area contributed by atoms with Crippen LogP contribution in [0.25, 0.3) is 0 Å². The summed E-state index contributed by atoms with van der Waals surface area (Å²) in [7, 11) is 0. The number of aromatic nitrogens is 1. The van der Waals surface area contributed by atoms with E-state index in [1.54, 1.807) is 26.2 Å². The Kier molecular flexibility index (Phi) is 4.72. The molecule has 0 saturated heterocycles. The molecule has 7 heteroatoms. The maximum Gasteiger partial charge on any atom is 0.419 e. The van der Waals surface area contributed by atoms with Crippen LogP contribution in [0, 0.1) is 5.82 Å². The van der Waals surface area contributed by atoms with E-state index in [-0.39, 0.29) is 10.7 Å². The summed E-state index contributed by atoms with van der Waals surface area (Å²) < 4.78 is 18.9. The molecule has 1 N–H and O–H groups in total. The fourth-order valence-corrected chi connectivity index (χ4v) is 2.71. The van der Waals surface area contributed by atoms with Crippen LogP contribution >= 0.6 is 11.3 Å². The van der Waals surface area contributed by atoms with E-state index >= 15 is 0 Å². The molecule has 0 aliphatic rings. The van der Waals surface area contributed by atoms with Gasteiger partial charge in [0.25, 0.3) is 0 Å². The molecule has 0 saturated carbocycles. The van der Waals surface area contributed by atoms with Gasteiger partial charge < -0.3 is 9.84 Å². The molecule has 1 amide bonds. The Morgan fingerprint density at radius 2 is 2.04 bits per heavy atom. The molecule has 1 aromatic heterocycles. The van der Waals surface area contributed by atoms with E-state index in [2.05, 4.69) is 4.98 Å². The molecule has 0 spiro atoms. The third-order valence-corrected chi connectivity index (χ3v) is 3.75. The number of halogens is 1. The second kappa shape index (κ2) is 6.25. The molecule has 2 rings (SSSR count). The Morgan fingerprint density at radius 1 is 1.35 bits per heavy atom. The van der Waals surface area contributed by atoms with Gasteiger partial charge in [-0.05, 0) is 39.8 Å². The molecule has 1 heterocycles. The van der Waals surface area contributed by atoms with E-state index in [0.717, 1.165) is 4.90 Å². The molecule has 1 aromatic carbocycles. The maximum absolute atomic E-state index is 13.5. The number of hydrogen-bond acceptors (Lipinski definition) is 5. The van der Waals surface area contributed by atoms with Gasteiger partial charge in [0.1, 0.15) is 11.4 Å². The van der Waals surface area contributed by atoms with Crippen LogP contribution in [0.1, 0.15) is 33.3 Å². The second-order valence-corrected chi connectivity index (χ2v) is 7.03. The maximum atomic E-state index is 13.5. The van der Waals surface area contributed by atoms with Gasteiger partial charge >= 0.3 is 6.09 Å². The molecule has 2 aromatic rings. The highest BCUT2D eigenvalue weighted by molar-refractivity contribution is 7.13. The standard InChI is InChI=1S/C16H19FN2O3S/c1-15(2,3)22-14(20)19(13-18-8-9-23-13)16(4,21)11-6-5-7-12(17)10-11/h5-10,21H,1-4H3. The average Bonchev–Trinajstić information content (AvgIpc) is 2.90. The summed E-state index contributed by atoms with van der Waals surface area (Å²) in [6, 6.07) is 5.44. The summed E-state index contributed by atoms with van der Waals surface area (Å²) in [5.74, 6) is -0.508. The molecule has 1 unspecified atom stereocenters. The molecule has 5 nitrogen and oxygen atoms in total. The lowest BCUT2D eigenvalue weighted by Gasteiger charge is -2.36. The lowest BCUT2D eigenvalue weighted by Crippen LogP contribution is -2.50. The lowest BCUT2D eigenvalue weighted by molar-refractivity contribution is 0.0181. The van der Waals surface area contributed by atoms with Crippen molar-refractivity contribution in [3.63, 3.8) is 0 Å². The predicted molar refractivity (Wildman–Crippen MR) is 86.8 cm³/mol. The molecular weight excluding hydrogens is 319 g/mol. The highest BCUT2D eigenvalue weighted by atomic mass is 32.1. The van der Waals surface area contributed by atoms with Crippen LogP contribution in [0.5, 0.6) is 0 Å². The van der Waals surface area contributed by atoms with Gasteiger partial charge in [0.15, 0.2) is 10.9 Å². The summed E-state index contributed by atoms with van der Waals surface area (Å²) in [6.45, 7) is 6.57. The van der Waals surface area contributed by atoms with Gasteiger partial charge in [-0.2, -0.15) is 0 Å². The first-order chi connectivity index (χ1) is 10.6. The molecule has 0 aliphatic carbocycles. The van der Waals surface area contributed by atoms with E-state index < -0.39 is 23.2 Å². The summed E-state index contributed by atoms with van der Waals surface area (Å²) in [6.07, 6.45) is 0.751. The van der Waals surface area contributed by atoms with Gasteiger partial charge in [0.05, 0.1) is 0 Å². The first kappa shape index (κ1) is 17.4. The fourth-order valence-electron chi connectivity index (χ4n) is 1.99. The smallest absolute Gasteiger partial charge is 0.419 e. The minimum atomic E-state index is -1.82. The summed E-state index contributed by atoms with van der Waals surface area (Å²) >= 11 is 1.17. The topological polar surface area (TPSA) is 62.7 Å². The van der Waals surface area contributed by atoms with E-state index in [1.807, 2.05) is 0 Å². The molecule has 0 fully saturated rings. The van der Waals surface area contributed by atoms with Crippen molar-refractivity contribution in [2.24, 2.45) is 0 Å². The van der Waals surface area contributed by atoms with Crippen molar-refractivity contribution in [1.82, 2.24) is 4.98 Å². The van der Waals surface area contributed by atoms with E-state index in [9.17, 15) is 14.3 Å². The zero-order valence-electron chi connectivity index (χ0n) is 13.4. The van der Waals surface area contributed by atoms with Crippen molar-refractivity contribution in [3.8, 4) is 0 Å². The van der Waals surface area contributed by atoms with Crippen LogP contribution in [0.15, 0.2) is 35.8 Å². The quantitative estimate of drug-likeness (QED) is 0.863. The van der Waals surface area contributed by atoms with Crippen LogP contribution in [-0.2, 0) is 10.5 Å². The SMILES string of the molecule is CC(C)(C)OC(=O)N(c1nccs1)C(C)(O)c1cccc(F)c1. The van der Waals surface area contributed by atoms with Crippen molar-refractivity contribution >= 4 is 22.6 Å². The van der Waals surface area contributed by atoms with Crippen molar-refractivity contribution in [3.05, 3.63) is 47.2 Å². The normalized spacial score (nSPS) is 14.2. The van der Waals surface area contributed by atoms with Crippen LogP contribution in [0.3, 0.4) is 0 Å². The lowest BCUT2D eigenvalue weighted by atomic mass is 10.0. The molecule has 0 aliphatic heterocycles. The first-order valence-electron chi connectivity index (χ1n) is 7.02. The molecule has 124 valence electrons. The van der Waals surface area contributed by atoms with Crippen LogP contribution in [0.2, 0.25) is 0 Å². The Morgan fingerprint density at radius 3 is 2.57 bits per heavy atom. The van der Waals surface area contributed by atoms with Gasteiger partial charge in [-0.1, -0.05) is 12.1 Å². The van der Waals surface area contributed by atoms with Crippen LogP contribution < -0.4 is 4.90 Å². The summed E-state index contributed by atoms with van der Waals surface area (Å²) in [4.78, 5) is 17.7. The molecule has 0 bridgehead atoms. The number of amides is 1. The number of carbonyl (C=O) groups is 1. The van der Waals surface area contributed by atoms with Crippen molar-refractivity contribution in [2.75, 3.05) is 4.90 Å². The Bertz CT molecular complexity index is 681. The monoisotopic (exact) mass is 338 g/mol. The number of rotatable bonds is 3. The van der Waals surface area contributed by atoms with Crippen LogP contribution in [0.4, 0.5) is 14.3 Å². The minimum absolute atomic E-state index is 0.221. The van der Waals surface area contributed by atoms with Crippen molar-refractivity contribution in [1.29, 1.82) is 0 Å². The molecule has 23 heavy (non-hydrogen) atoms. The first-order valence-corrected chi connectivity index (χ1v) is 7.90. The number of ether oxygens (including phenoxy) is 1.